The zero-order valence-corrected chi connectivity index (χ0v) is 9.63. The van der Waals surface area contributed by atoms with E-state index in [0.717, 1.165) is 24.5 Å². The molecule has 2 saturated carbocycles. The van der Waals surface area contributed by atoms with Gasteiger partial charge in [-0.15, -0.1) is 0 Å². The van der Waals surface area contributed by atoms with Gasteiger partial charge in [0.15, 0.2) is 0 Å². The van der Waals surface area contributed by atoms with Crippen LogP contribution in [0.1, 0.15) is 39.0 Å². The van der Waals surface area contributed by atoms with Gasteiger partial charge in [-0.25, -0.2) is 0 Å². The Kier molecular flexibility index (Phi) is 3.45. The molecule has 0 aliphatic heterocycles. The summed E-state index contributed by atoms with van der Waals surface area (Å²) < 4.78 is 0. The number of hydrogen-bond donors (Lipinski definition) is 1. The molecule has 2 unspecified atom stereocenters. The molecular weight excluding hydrogens is 172 g/mol. The standard InChI is InChI=1S/C12H24N2/c1-3-13-9-10-7-8-12(10)14(2)11-5-4-6-11/h10-13H,3-9H2,1-2H3. The fraction of sp³-hybridized carbons (Fsp3) is 1.00. The van der Waals surface area contributed by atoms with Crippen molar-refractivity contribution in [3.05, 3.63) is 0 Å². The van der Waals surface area contributed by atoms with Gasteiger partial charge < -0.3 is 10.2 Å². The first-order valence-corrected chi connectivity index (χ1v) is 6.25. The monoisotopic (exact) mass is 196 g/mol. The van der Waals surface area contributed by atoms with Crippen LogP contribution in [0, 0.1) is 5.92 Å². The first kappa shape index (κ1) is 10.4. The largest absolute Gasteiger partial charge is 0.317 e. The predicted octanol–water partition coefficient (Wildman–Crippen LogP) is 1.86. The van der Waals surface area contributed by atoms with Gasteiger partial charge in [-0.1, -0.05) is 13.3 Å². The van der Waals surface area contributed by atoms with Gasteiger partial charge in [-0.2, -0.15) is 0 Å². The quantitative estimate of drug-likeness (QED) is 0.722. The summed E-state index contributed by atoms with van der Waals surface area (Å²) in [5, 5.41) is 3.48. The van der Waals surface area contributed by atoms with E-state index < -0.39 is 0 Å². The van der Waals surface area contributed by atoms with E-state index in [1.54, 1.807) is 0 Å². The van der Waals surface area contributed by atoms with Crippen molar-refractivity contribution in [2.45, 2.75) is 51.1 Å². The second kappa shape index (κ2) is 4.63. The summed E-state index contributed by atoms with van der Waals surface area (Å²) in [5.41, 5.74) is 0. The topological polar surface area (TPSA) is 15.3 Å². The van der Waals surface area contributed by atoms with Crippen LogP contribution in [0.4, 0.5) is 0 Å². The van der Waals surface area contributed by atoms with E-state index in [4.69, 9.17) is 0 Å². The molecule has 2 fully saturated rings. The lowest BCUT2D eigenvalue weighted by Gasteiger charge is -2.48. The highest BCUT2D eigenvalue weighted by atomic mass is 15.2. The lowest BCUT2D eigenvalue weighted by atomic mass is 9.76. The minimum Gasteiger partial charge on any atom is -0.317 e. The van der Waals surface area contributed by atoms with Crippen LogP contribution in [-0.4, -0.2) is 37.1 Å². The Morgan fingerprint density at radius 2 is 2.00 bits per heavy atom. The number of nitrogens with zero attached hydrogens (tertiary/aromatic N) is 1. The molecule has 0 aromatic heterocycles. The summed E-state index contributed by atoms with van der Waals surface area (Å²) in [6.45, 7) is 4.55. The number of nitrogens with one attached hydrogen (secondary N) is 1. The predicted molar refractivity (Wildman–Crippen MR) is 60.5 cm³/mol. The van der Waals surface area contributed by atoms with Crippen molar-refractivity contribution in [2.75, 3.05) is 20.1 Å². The van der Waals surface area contributed by atoms with Crippen LogP contribution in [0.2, 0.25) is 0 Å². The maximum atomic E-state index is 3.48. The van der Waals surface area contributed by atoms with Gasteiger partial charge in [0, 0.05) is 12.1 Å². The van der Waals surface area contributed by atoms with Crippen LogP contribution in [-0.2, 0) is 0 Å². The van der Waals surface area contributed by atoms with Crippen molar-refractivity contribution in [1.82, 2.24) is 10.2 Å². The lowest BCUT2D eigenvalue weighted by Crippen LogP contribution is -2.54. The molecule has 0 spiro atoms. The van der Waals surface area contributed by atoms with Gasteiger partial charge in [0.2, 0.25) is 0 Å². The third-order valence-electron chi connectivity index (χ3n) is 4.21. The van der Waals surface area contributed by atoms with E-state index in [1.807, 2.05) is 0 Å². The minimum atomic E-state index is 0.888. The van der Waals surface area contributed by atoms with Crippen molar-refractivity contribution in [1.29, 1.82) is 0 Å². The second-order valence-electron chi connectivity index (χ2n) is 4.96. The molecule has 0 bridgehead atoms. The molecule has 82 valence electrons. The molecule has 2 rings (SSSR count). The van der Waals surface area contributed by atoms with E-state index in [1.165, 1.54) is 38.6 Å². The Balaban J connectivity index is 1.73. The molecule has 1 N–H and O–H groups in total. The normalized spacial score (nSPS) is 32.8. The molecule has 0 amide bonds. The van der Waals surface area contributed by atoms with Crippen molar-refractivity contribution in [3.8, 4) is 0 Å². The first-order chi connectivity index (χ1) is 6.83. The molecule has 2 nitrogen and oxygen atoms in total. The highest BCUT2D eigenvalue weighted by Gasteiger charge is 2.37. The van der Waals surface area contributed by atoms with Gasteiger partial charge in [0.1, 0.15) is 0 Å². The van der Waals surface area contributed by atoms with Crippen LogP contribution in [0.25, 0.3) is 0 Å². The number of rotatable bonds is 5. The molecule has 2 heteroatoms. The van der Waals surface area contributed by atoms with E-state index in [9.17, 15) is 0 Å². The molecule has 0 aromatic carbocycles. The first-order valence-electron chi connectivity index (χ1n) is 6.25. The van der Waals surface area contributed by atoms with Gasteiger partial charge >= 0.3 is 0 Å². The molecular formula is C12H24N2. The van der Waals surface area contributed by atoms with Crippen molar-refractivity contribution in [2.24, 2.45) is 5.92 Å². The Hall–Kier alpha value is -0.0800. The second-order valence-corrected chi connectivity index (χ2v) is 4.96. The Morgan fingerprint density at radius 3 is 2.43 bits per heavy atom. The zero-order chi connectivity index (χ0) is 9.97. The molecule has 2 atom stereocenters. The van der Waals surface area contributed by atoms with Crippen molar-refractivity contribution < 1.29 is 0 Å². The summed E-state index contributed by atoms with van der Waals surface area (Å²) in [7, 11) is 2.34. The molecule has 0 aromatic rings. The van der Waals surface area contributed by atoms with Crippen molar-refractivity contribution >= 4 is 0 Å². The van der Waals surface area contributed by atoms with Crippen LogP contribution in [0.3, 0.4) is 0 Å². The molecule has 0 saturated heterocycles. The van der Waals surface area contributed by atoms with E-state index in [0.29, 0.717) is 0 Å². The lowest BCUT2D eigenvalue weighted by molar-refractivity contribution is 0.0216. The highest BCUT2D eigenvalue weighted by Crippen LogP contribution is 2.36. The number of hydrogen-bond acceptors (Lipinski definition) is 2. The molecule has 0 radical (unpaired) electrons. The Labute approximate surface area is 88.1 Å². The fourth-order valence-electron chi connectivity index (χ4n) is 2.72. The summed E-state index contributed by atoms with van der Waals surface area (Å²) >= 11 is 0. The third kappa shape index (κ3) is 1.96. The highest BCUT2D eigenvalue weighted by molar-refractivity contribution is 4.93. The Morgan fingerprint density at radius 1 is 1.21 bits per heavy atom. The van der Waals surface area contributed by atoms with Crippen LogP contribution >= 0.6 is 0 Å². The maximum Gasteiger partial charge on any atom is 0.0136 e. The summed E-state index contributed by atoms with van der Waals surface area (Å²) in [5.74, 6) is 0.931. The smallest absolute Gasteiger partial charge is 0.0136 e. The fourth-order valence-corrected chi connectivity index (χ4v) is 2.72. The zero-order valence-electron chi connectivity index (χ0n) is 9.63. The van der Waals surface area contributed by atoms with Crippen molar-refractivity contribution in [3.63, 3.8) is 0 Å². The summed E-state index contributed by atoms with van der Waals surface area (Å²) in [6, 6.07) is 1.81. The average Bonchev–Trinajstić information content (AvgIpc) is 1.99. The van der Waals surface area contributed by atoms with E-state index in [2.05, 4.69) is 24.2 Å². The molecule has 0 heterocycles. The summed E-state index contributed by atoms with van der Waals surface area (Å²) in [6.07, 6.45) is 7.22. The van der Waals surface area contributed by atoms with Gasteiger partial charge in [-0.3, -0.25) is 0 Å². The van der Waals surface area contributed by atoms with Crippen LogP contribution < -0.4 is 5.32 Å². The van der Waals surface area contributed by atoms with Crippen LogP contribution in [0.5, 0.6) is 0 Å². The van der Waals surface area contributed by atoms with Crippen LogP contribution in [0.15, 0.2) is 0 Å². The average molecular weight is 196 g/mol. The Bertz CT molecular complexity index is 177. The van der Waals surface area contributed by atoms with E-state index in [-0.39, 0.29) is 0 Å². The summed E-state index contributed by atoms with van der Waals surface area (Å²) in [4.78, 5) is 2.66. The molecule has 2 aliphatic rings. The van der Waals surface area contributed by atoms with Gasteiger partial charge in [0.05, 0.1) is 0 Å². The van der Waals surface area contributed by atoms with E-state index >= 15 is 0 Å². The maximum absolute atomic E-state index is 3.48. The van der Waals surface area contributed by atoms with Gasteiger partial charge in [-0.05, 0) is 51.7 Å². The SMILES string of the molecule is CCNCC1CCC1N(C)C1CCC1. The molecule has 2 aliphatic carbocycles. The van der Waals surface area contributed by atoms with Gasteiger partial charge in [0.25, 0.3) is 0 Å². The minimum absolute atomic E-state index is 0.888. The third-order valence-corrected chi connectivity index (χ3v) is 4.21. The molecule has 14 heavy (non-hydrogen) atoms.